The van der Waals surface area contributed by atoms with Gasteiger partial charge < -0.3 is 9.84 Å². The minimum Gasteiger partial charge on any atom is -0.333 e. The summed E-state index contributed by atoms with van der Waals surface area (Å²) in [5, 5.41) is 9.39. The molecule has 0 aliphatic rings. The van der Waals surface area contributed by atoms with Crippen molar-refractivity contribution in [2.24, 2.45) is 0 Å². The quantitative estimate of drug-likeness (QED) is 0.799. The fourth-order valence-electron chi connectivity index (χ4n) is 1.88. The maximum atomic E-state index is 12.3. The van der Waals surface area contributed by atoms with Crippen LogP contribution in [0.4, 0.5) is 5.69 Å². The Morgan fingerprint density at radius 1 is 1.29 bits per heavy atom. The van der Waals surface area contributed by atoms with Gasteiger partial charge in [-0.25, -0.2) is 4.98 Å². The number of nitrogens with one attached hydrogen (secondary N) is 1. The van der Waals surface area contributed by atoms with Crippen LogP contribution in [0.5, 0.6) is 0 Å². The van der Waals surface area contributed by atoms with Crippen LogP contribution in [0.15, 0.2) is 16.0 Å². The van der Waals surface area contributed by atoms with Crippen LogP contribution in [-0.2, 0) is 0 Å². The standard InChI is InChI=1S/C13H12N4O2S2/c1-6-10(21-8(3)14-6)12(18)16-9-4-5-20-11(9)13-15-7(2)17-19-13/h4-5H,1-3H3,(H,16,18). The Morgan fingerprint density at radius 3 is 2.71 bits per heavy atom. The highest BCUT2D eigenvalue weighted by Gasteiger charge is 2.18. The Hall–Kier alpha value is -2.06. The number of rotatable bonds is 3. The number of hydrogen-bond donors (Lipinski definition) is 1. The number of thiophene rings is 1. The molecule has 0 unspecified atom stereocenters. The average Bonchev–Trinajstić information content (AvgIpc) is 3.10. The second-order valence-corrected chi connectivity index (χ2v) is 6.53. The second kappa shape index (κ2) is 5.38. The molecular weight excluding hydrogens is 308 g/mol. The lowest BCUT2D eigenvalue weighted by Gasteiger charge is -2.03. The largest absolute Gasteiger partial charge is 0.333 e. The minimum absolute atomic E-state index is 0.172. The van der Waals surface area contributed by atoms with Crippen molar-refractivity contribution in [3.8, 4) is 10.8 Å². The molecule has 6 nitrogen and oxygen atoms in total. The molecule has 108 valence electrons. The topological polar surface area (TPSA) is 80.9 Å². The van der Waals surface area contributed by atoms with E-state index in [1.54, 1.807) is 6.92 Å². The maximum Gasteiger partial charge on any atom is 0.270 e. The van der Waals surface area contributed by atoms with Crippen molar-refractivity contribution in [1.82, 2.24) is 15.1 Å². The summed E-state index contributed by atoms with van der Waals surface area (Å²) < 4.78 is 5.15. The molecule has 0 radical (unpaired) electrons. The Bertz CT molecular complexity index is 803. The van der Waals surface area contributed by atoms with Crippen LogP contribution in [0.25, 0.3) is 10.8 Å². The van der Waals surface area contributed by atoms with Gasteiger partial charge >= 0.3 is 0 Å². The highest BCUT2D eigenvalue weighted by molar-refractivity contribution is 7.14. The first-order valence-electron chi connectivity index (χ1n) is 6.18. The first kappa shape index (κ1) is 13.9. The third kappa shape index (κ3) is 2.72. The summed E-state index contributed by atoms with van der Waals surface area (Å²) in [6.45, 7) is 5.46. The summed E-state index contributed by atoms with van der Waals surface area (Å²) in [5.74, 6) is 0.800. The van der Waals surface area contributed by atoms with Crippen LogP contribution >= 0.6 is 22.7 Å². The molecule has 1 N–H and O–H groups in total. The van der Waals surface area contributed by atoms with Crippen molar-refractivity contribution in [1.29, 1.82) is 0 Å². The molecule has 3 rings (SSSR count). The molecule has 0 bridgehead atoms. The van der Waals surface area contributed by atoms with Crippen molar-refractivity contribution in [2.75, 3.05) is 5.32 Å². The predicted molar refractivity (Wildman–Crippen MR) is 81.9 cm³/mol. The zero-order valence-corrected chi connectivity index (χ0v) is 13.3. The summed E-state index contributed by atoms with van der Waals surface area (Å²) in [6.07, 6.45) is 0. The van der Waals surface area contributed by atoms with Crippen LogP contribution in [0.2, 0.25) is 0 Å². The van der Waals surface area contributed by atoms with E-state index in [-0.39, 0.29) is 5.91 Å². The Balaban J connectivity index is 1.88. The number of aryl methyl sites for hydroxylation is 3. The van der Waals surface area contributed by atoms with Crippen molar-refractivity contribution < 1.29 is 9.32 Å². The summed E-state index contributed by atoms with van der Waals surface area (Å²) in [7, 11) is 0. The molecule has 8 heteroatoms. The molecule has 0 saturated carbocycles. The van der Waals surface area contributed by atoms with Crippen LogP contribution in [-0.4, -0.2) is 21.0 Å². The zero-order valence-electron chi connectivity index (χ0n) is 11.6. The number of carbonyl (C=O) groups is 1. The molecule has 3 aromatic heterocycles. The van der Waals surface area contributed by atoms with Crippen LogP contribution in [0.3, 0.4) is 0 Å². The van der Waals surface area contributed by atoms with Gasteiger partial charge in [0.25, 0.3) is 11.8 Å². The summed E-state index contributed by atoms with van der Waals surface area (Å²) in [5.41, 5.74) is 1.40. The van der Waals surface area contributed by atoms with Crippen molar-refractivity contribution in [3.63, 3.8) is 0 Å². The number of amides is 1. The van der Waals surface area contributed by atoms with E-state index in [1.807, 2.05) is 25.3 Å². The monoisotopic (exact) mass is 320 g/mol. The first-order chi connectivity index (χ1) is 10.0. The second-order valence-electron chi connectivity index (χ2n) is 4.41. The summed E-state index contributed by atoms with van der Waals surface area (Å²) in [4.78, 5) is 22.2. The maximum absolute atomic E-state index is 12.3. The highest BCUT2D eigenvalue weighted by atomic mass is 32.1. The zero-order chi connectivity index (χ0) is 15.0. The predicted octanol–water partition coefficient (Wildman–Crippen LogP) is 3.43. The molecule has 0 aliphatic heterocycles. The third-order valence-corrected chi connectivity index (χ3v) is 4.72. The van der Waals surface area contributed by atoms with Crippen molar-refractivity contribution in [2.45, 2.75) is 20.8 Å². The van der Waals surface area contributed by atoms with Crippen LogP contribution in [0.1, 0.15) is 26.2 Å². The van der Waals surface area contributed by atoms with E-state index < -0.39 is 0 Å². The van der Waals surface area contributed by atoms with E-state index in [4.69, 9.17) is 4.52 Å². The number of thiazole rings is 1. The Morgan fingerprint density at radius 2 is 2.10 bits per heavy atom. The van der Waals surface area contributed by atoms with E-state index in [0.29, 0.717) is 22.3 Å². The van der Waals surface area contributed by atoms with E-state index in [1.165, 1.54) is 22.7 Å². The molecule has 0 aromatic carbocycles. The van der Waals surface area contributed by atoms with Crippen molar-refractivity contribution >= 4 is 34.3 Å². The molecule has 3 heterocycles. The minimum atomic E-state index is -0.172. The molecular formula is C13H12N4O2S2. The number of aromatic nitrogens is 3. The fourth-order valence-corrected chi connectivity index (χ4v) is 3.47. The van der Waals surface area contributed by atoms with Gasteiger partial charge in [0.05, 0.1) is 16.4 Å². The van der Waals surface area contributed by atoms with Crippen LogP contribution < -0.4 is 5.32 Å². The molecule has 3 aromatic rings. The van der Waals surface area contributed by atoms with Crippen molar-refractivity contribution in [3.05, 3.63) is 32.8 Å². The molecule has 0 atom stereocenters. The number of nitrogens with zero attached hydrogens (tertiary/aromatic N) is 3. The fraction of sp³-hybridized carbons (Fsp3) is 0.231. The third-order valence-electron chi connectivity index (χ3n) is 2.74. The number of hydrogen-bond acceptors (Lipinski definition) is 7. The van der Waals surface area contributed by atoms with E-state index in [0.717, 1.165) is 15.6 Å². The Kier molecular flexibility index (Phi) is 3.56. The smallest absolute Gasteiger partial charge is 0.270 e. The number of anilines is 1. The molecule has 0 spiro atoms. The molecule has 0 saturated heterocycles. The highest BCUT2D eigenvalue weighted by Crippen LogP contribution is 2.33. The summed E-state index contributed by atoms with van der Waals surface area (Å²) in [6, 6.07) is 1.82. The van der Waals surface area contributed by atoms with Gasteiger partial charge in [0, 0.05) is 0 Å². The average molecular weight is 320 g/mol. The van der Waals surface area contributed by atoms with Crippen LogP contribution in [0, 0.1) is 20.8 Å². The molecule has 21 heavy (non-hydrogen) atoms. The van der Waals surface area contributed by atoms with Gasteiger partial charge in [-0.05, 0) is 32.2 Å². The number of carbonyl (C=O) groups excluding carboxylic acids is 1. The van der Waals surface area contributed by atoms with Gasteiger partial charge in [-0.1, -0.05) is 5.16 Å². The SMILES string of the molecule is Cc1noc(-c2sccc2NC(=O)c2sc(C)nc2C)n1. The molecule has 0 fully saturated rings. The van der Waals surface area contributed by atoms with Gasteiger partial charge in [0.15, 0.2) is 5.82 Å². The Labute approximate surface area is 128 Å². The summed E-state index contributed by atoms with van der Waals surface area (Å²) >= 11 is 2.82. The van der Waals surface area contributed by atoms with Gasteiger partial charge in [-0.2, -0.15) is 4.98 Å². The van der Waals surface area contributed by atoms with E-state index in [9.17, 15) is 4.79 Å². The normalized spacial score (nSPS) is 10.8. The van der Waals surface area contributed by atoms with E-state index >= 15 is 0 Å². The lowest BCUT2D eigenvalue weighted by atomic mass is 10.3. The first-order valence-corrected chi connectivity index (χ1v) is 7.88. The van der Waals surface area contributed by atoms with Gasteiger partial charge in [-0.3, -0.25) is 4.79 Å². The van der Waals surface area contributed by atoms with E-state index in [2.05, 4.69) is 20.4 Å². The van der Waals surface area contributed by atoms with Gasteiger partial charge in [0.1, 0.15) is 9.75 Å². The molecule has 1 amide bonds. The lowest BCUT2D eigenvalue weighted by Crippen LogP contribution is -2.11. The lowest BCUT2D eigenvalue weighted by molar-refractivity contribution is 0.103. The van der Waals surface area contributed by atoms with Gasteiger partial charge in [0.2, 0.25) is 0 Å². The molecule has 0 aliphatic carbocycles. The van der Waals surface area contributed by atoms with Gasteiger partial charge in [-0.15, -0.1) is 22.7 Å².